The van der Waals surface area contributed by atoms with Gasteiger partial charge in [-0.3, -0.25) is 0 Å². The fourth-order valence-corrected chi connectivity index (χ4v) is 0. The zero-order chi connectivity index (χ0) is 6.12. The van der Waals surface area contributed by atoms with Crippen LogP contribution in [0, 0.1) is 0 Å². The Kier molecular flexibility index (Phi) is 24.8. The maximum atomic E-state index is 8.24. The molecule has 0 fully saturated rings. The minimum absolute atomic E-state index is 0.500. The van der Waals surface area contributed by atoms with Gasteiger partial charge in [0.05, 0.1) is 0 Å². The monoisotopic (exact) mass is 103 g/mol. The van der Waals surface area contributed by atoms with Crippen LogP contribution in [0.2, 0.25) is 0 Å². The van der Waals surface area contributed by atoms with E-state index in [0.29, 0.717) is 6.47 Å². The van der Waals surface area contributed by atoms with E-state index in [2.05, 4.69) is 13.8 Å². The molecule has 0 atom stereocenters. The molecule has 0 aromatic rings. The Morgan fingerprint density at radius 1 is 1.43 bits per heavy atom. The van der Waals surface area contributed by atoms with Crippen LogP contribution in [0.4, 0.5) is 0 Å². The van der Waals surface area contributed by atoms with Crippen LogP contribution in [-0.4, -0.2) is 11.6 Å². The van der Waals surface area contributed by atoms with Crippen molar-refractivity contribution in [2.75, 3.05) is 0 Å². The summed E-state index contributed by atoms with van der Waals surface area (Å²) in [5.74, 6) is 0. The molecule has 0 spiro atoms. The number of hydrogen-bond donors (Lipinski definition) is 1. The molecule has 0 aromatic carbocycles. The van der Waals surface area contributed by atoms with E-state index in [4.69, 9.17) is 9.90 Å². The summed E-state index contributed by atoms with van der Waals surface area (Å²) in [4.78, 5) is 8.24. The summed E-state index contributed by atoms with van der Waals surface area (Å²) in [6.45, 7) is 4.86. The van der Waals surface area contributed by atoms with E-state index in [1.807, 2.05) is 0 Å². The molecule has 0 saturated carbocycles. The third kappa shape index (κ3) is 298. The molecule has 0 heterocycles. The molecule has 0 aliphatic carbocycles. The van der Waals surface area contributed by atoms with E-state index >= 15 is 0 Å². The Morgan fingerprint density at radius 2 is 1.57 bits per heavy atom. The SMILES string of the molecule is CCCC.O=[C]O. The van der Waals surface area contributed by atoms with E-state index < -0.39 is 0 Å². The van der Waals surface area contributed by atoms with Crippen LogP contribution in [0.3, 0.4) is 0 Å². The highest BCUT2D eigenvalue weighted by atomic mass is 16.3. The van der Waals surface area contributed by atoms with Crippen LogP contribution < -0.4 is 0 Å². The second-order valence-electron chi connectivity index (χ2n) is 1.09. The topological polar surface area (TPSA) is 37.3 Å². The number of hydrogen-bond acceptors (Lipinski definition) is 1. The van der Waals surface area contributed by atoms with Crippen LogP contribution in [0.15, 0.2) is 0 Å². The van der Waals surface area contributed by atoms with Crippen LogP contribution in [-0.2, 0) is 4.79 Å². The van der Waals surface area contributed by atoms with Crippen molar-refractivity contribution in [3.8, 4) is 0 Å². The maximum absolute atomic E-state index is 8.24. The summed E-state index contributed by atoms with van der Waals surface area (Å²) in [6.07, 6.45) is 2.64. The lowest BCUT2D eigenvalue weighted by Gasteiger charge is -1.68. The fraction of sp³-hybridized carbons (Fsp3) is 0.800. The Balaban J connectivity index is 0. The largest absolute Gasteiger partial charge is 0.473 e. The smallest absolute Gasteiger partial charge is 0.414 e. The number of rotatable bonds is 1. The Labute approximate surface area is 44.2 Å². The molecule has 2 nitrogen and oxygen atoms in total. The molecule has 0 unspecified atom stereocenters. The zero-order valence-corrected chi connectivity index (χ0v) is 4.77. The van der Waals surface area contributed by atoms with Gasteiger partial charge in [0, 0.05) is 0 Å². The summed E-state index contributed by atoms with van der Waals surface area (Å²) in [5, 5.41) is 6.76. The standard InChI is InChI=1S/C4H10.CHO2/c1-3-4-2;2-1-3/h3-4H2,1-2H3;(H,2,3). The van der Waals surface area contributed by atoms with Gasteiger partial charge in [-0.1, -0.05) is 26.7 Å². The van der Waals surface area contributed by atoms with E-state index in [0.717, 1.165) is 0 Å². The highest BCUT2D eigenvalue weighted by Crippen LogP contribution is 1.76. The minimum Gasteiger partial charge on any atom is -0.473 e. The third-order valence-corrected chi connectivity index (χ3v) is 0.500. The van der Waals surface area contributed by atoms with Gasteiger partial charge in [-0.2, -0.15) is 0 Å². The summed E-state index contributed by atoms with van der Waals surface area (Å²) >= 11 is 0. The van der Waals surface area contributed by atoms with Crippen molar-refractivity contribution in [2.24, 2.45) is 0 Å². The molecule has 43 valence electrons. The van der Waals surface area contributed by atoms with Crippen LogP contribution >= 0.6 is 0 Å². The molecular formula is C5H11O2. The quantitative estimate of drug-likeness (QED) is 0.545. The first-order valence-electron chi connectivity index (χ1n) is 2.34. The molecular weight excluding hydrogens is 92.1 g/mol. The van der Waals surface area contributed by atoms with Crippen molar-refractivity contribution >= 4 is 6.47 Å². The van der Waals surface area contributed by atoms with E-state index in [1.54, 1.807) is 0 Å². The molecule has 0 saturated heterocycles. The summed E-state index contributed by atoms with van der Waals surface area (Å²) in [5.41, 5.74) is 0. The van der Waals surface area contributed by atoms with Crippen molar-refractivity contribution in [1.82, 2.24) is 0 Å². The molecule has 2 heteroatoms. The molecule has 0 aromatic heterocycles. The van der Waals surface area contributed by atoms with E-state index in [1.165, 1.54) is 12.8 Å². The van der Waals surface area contributed by atoms with Gasteiger partial charge in [-0.15, -0.1) is 0 Å². The maximum Gasteiger partial charge on any atom is 0.414 e. The lowest BCUT2D eigenvalue weighted by Crippen LogP contribution is -1.48. The zero-order valence-electron chi connectivity index (χ0n) is 4.77. The number of aliphatic hydroxyl groups excluding tert-OH is 1. The van der Waals surface area contributed by atoms with Gasteiger partial charge in [0.1, 0.15) is 0 Å². The lowest BCUT2D eigenvalue weighted by molar-refractivity contribution is 0.437. The predicted octanol–water partition coefficient (Wildman–Crippen LogP) is 1.42. The van der Waals surface area contributed by atoms with E-state index in [9.17, 15) is 0 Å². The highest BCUT2D eigenvalue weighted by molar-refractivity contribution is 5.34. The summed E-state index contributed by atoms with van der Waals surface area (Å²) in [7, 11) is 0. The van der Waals surface area contributed by atoms with Gasteiger partial charge < -0.3 is 5.11 Å². The molecule has 0 bridgehead atoms. The Hall–Kier alpha value is -0.530. The molecule has 0 rings (SSSR count). The second-order valence-corrected chi connectivity index (χ2v) is 1.09. The molecule has 7 heavy (non-hydrogen) atoms. The van der Waals surface area contributed by atoms with E-state index in [-0.39, 0.29) is 0 Å². The first kappa shape index (κ1) is 9.69. The van der Waals surface area contributed by atoms with Gasteiger partial charge in [0.2, 0.25) is 0 Å². The predicted molar refractivity (Wildman–Crippen MR) is 28.9 cm³/mol. The highest BCUT2D eigenvalue weighted by Gasteiger charge is 1.56. The Bertz CT molecular complexity index is 25.3. The van der Waals surface area contributed by atoms with Gasteiger partial charge in [-0.25, -0.2) is 4.79 Å². The summed E-state index contributed by atoms with van der Waals surface area (Å²) < 4.78 is 0. The van der Waals surface area contributed by atoms with Crippen LogP contribution in [0.25, 0.3) is 0 Å². The van der Waals surface area contributed by atoms with Gasteiger partial charge in [0.15, 0.2) is 0 Å². The molecule has 1 N–H and O–H groups in total. The first-order valence-corrected chi connectivity index (χ1v) is 2.34. The van der Waals surface area contributed by atoms with Gasteiger partial charge in [-0.05, 0) is 0 Å². The second kappa shape index (κ2) is 17.9. The summed E-state index contributed by atoms with van der Waals surface area (Å²) in [6, 6.07) is 0. The van der Waals surface area contributed by atoms with Gasteiger partial charge >= 0.3 is 6.47 Å². The third-order valence-electron chi connectivity index (χ3n) is 0.500. The van der Waals surface area contributed by atoms with Crippen molar-refractivity contribution < 1.29 is 9.90 Å². The molecule has 0 aliphatic heterocycles. The van der Waals surface area contributed by atoms with Crippen molar-refractivity contribution in [1.29, 1.82) is 0 Å². The van der Waals surface area contributed by atoms with Crippen LogP contribution in [0.1, 0.15) is 26.7 Å². The Morgan fingerprint density at radius 3 is 1.57 bits per heavy atom. The normalized spacial score (nSPS) is 6.00. The van der Waals surface area contributed by atoms with Crippen molar-refractivity contribution in [3.63, 3.8) is 0 Å². The molecule has 1 radical (unpaired) electrons. The fourth-order valence-electron chi connectivity index (χ4n) is 0. The average molecular weight is 103 g/mol. The lowest BCUT2D eigenvalue weighted by atomic mass is 10.4. The molecule has 0 amide bonds. The van der Waals surface area contributed by atoms with Crippen LogP contribution in [0.5, 0.6) is 0 Å². The average Bonchev–Trinajstić information content (AvgIpc) is 1.69. The number of unbranched alkanes of at least 4 members (excludes halogenated alkanes) is 1. The van der Waals surface area contributed by atoms with Crippen molar-refractivity contribution in [2.45, 2.75) is 26.7 Å². The molecule has 0 aliphatic rings. The van der Waals surface area contributed by atoms with Crippen molar-refractivity contribution in [3.05, 3.63) is 0 Å². The first-order chi connectivity index (χ1) is 3.33. The minimum atomic E-state index is 0.500. The van der Waals surface area contributed by atoms with Gasteiger partial charge in [0.25, 0.3) is 0 Å².